The first kappa shape index (κ1) is 19.4. The first-order valence-electron chi connectivity index (χ1n) is 11.6. The van der Waals surface area contributed by atoms with Gasteiger partial charge >= 0.3 is 0 Å². The molecule has 0 bridgehead atoms. The molecule has 3 heterocycles. The number of fused-ring (bicyclic) bond motifs is 5. The number of pyridine rings is 1. The Morgan fingerprint density at radius 2 is 1.91 bits per heavy atom. The molecule has 3 aromatic carbocycles. The molecule has 1 fully saturated rings. The van der Waals surface area contributed by atoms with Crippen LogP contribution in [0.4, 0.5) is 0 Å². The minimum absolute atomic E-state index is 0.133. The lowest BCUT2D eigenvalue weighted by atomic mass is 10.1. The van der Waals surface area contributed by atoms with Crippen LogP contribution in [-0.2, 0) is 4.74 Å². The number of phenols is 1. The van der Waals surface area contributed by atoms with Gasteiger partial charge in [-0.1, -0.05) is 18.2 Å². The van der Waals surface area contributed by atoms with E-state index in [0.717, 1.165) is 52.1 Å². The Balaban J connectivity index is 1.37. The molecule has 5 aromatic rings. The van der Waals surface area contributed by atoms with E-state index in [-0.39, 0.29) is 17.9 Å². The molecule has 0 saturated heterocycles. The van der Waals surface area contributed by atoms with Gasteiger partial charge in [0.05, 0.1) is 11.6 Å². The van der Waals surface area contributed by atoms with Crippen LogP contribution in [0.2, 0.25) is 0 Å². The molecule has 2 atom stereocenters. The van der Waals surface area contributed by atoms with Crippen LogP contribution in [0.5, 0.6) is 17.4 Å². The Morgan fingerprint density at radius 1 is 1.00 bits per heavy atom. The number of nitrogens with zero attached hydrogens (tertiary/aromatic N) is 2. The van der Waals surface area contributed by atoms with Crippen molar-refractivity contribution in [2.75, 3.05) is 0 Å². The molecular formula is C28H22N2O4. The number of aryl methyl sites for hydroxylation is 1. The van der Waals surface area contributed by atoms with Crippen LogP contribution in [0, 0.1) is 6.92 Å². The molecule has 1 aliphatic carbocycles. The van der Waals surface area contributed by atoms with Crippen LogP contribution in [0.25, 0.3) is 32.8 Å². The van der Waals surface area contributed by atoms with E-state index in [4.69, 9.17) is 18.9 Å². The lowest BCUT2D eigenvalue weighted by Crippen LogP contribution is -2.15. The van der Waals surface area contributed by atoms with E-state index in [1.54, 1.807) is 12.1 Å². The third-order valence-electron chi connectivity index (χ3n) is 6.76. The number of hydrogen-bond acceptors (Lipinski definition) is 6. The van der Waals surface area contributed by atoms with Gasteiger partial charge < -0.3 is 19.0 Å². The number of ether oxygens (including phenoxy) is 2. The number of aliphatic imine (C=N–C) groups is 1. The van der Waals surface area contributed by atoms with E-state index in [0.29, 0.717) is 28.6 Å². The summed E-state index contributed by atoms with van der Waals surface area (Å²) in [6.45, 7) is 1.94. The van der Waals surface area contributed by atoms with Crippen LogP contribution < -0.4 is 4.74 Å². The number of furan rings is 1. The molecule has 34 heavy (non-hydrogen) atoms. The minimum atomic E-state index is 0.133. The number of para-hydroxylation sites is 1. The molecule has 2 aromatic heterocycles. The molecule has 0 unspecified atom stereocenters. The molecule has 6 nitrogen and oxygen atoms in total. The van der Waals surface area contributed by atoms with Crippen molar-refractivity contribution in [3.05, 3.63) is 71.8 Å². The Hall–Kier alpha value is -4.06. The van der Waals surface area contributed by atoms with Crippen LogP contribution >= 0.6 is 0 Å². The van der Waals surface area contributed by atoms with Crippen LogP contribution in [-0.4, -0.2) is 28.1 Å². The fourth-order valence-electron chi connectivity index (χ4n) is 5.23. The van der Waals surface area contributed by atoms with Gasteiger partial charge in [-0.3, -0.25) is 0 Å². The van der Waals surface area contributed by atoms with Gasteiger partial charge in [0.15, 0.2) is 0 Å². The van der Waals surface area contributed by atoms with E-state index in [1.165, 1.54) is 0 Å². The highest BCUT2D eigenvalue weighted by Crippen LogP contribution is 2.39. The van der Waals surface area contributed by atoms with Crippen molar-refractivity contribution in [2.45, 2.75) is 38.3 Å². The fraction of sp³-hybridized carbons (Fsp3) is 0.214. The quantitative estimate of drug-likeness (QED) is 0.333. The number of hydrogen-bond donors (Lipinski definition) is 1. The monoisotopic (exact) mass is 450 g/mol. The largest absolute Gasteiger partial charge is 0.506 e. The maximum atomic E-state index is 10.4. The molecule has 168 valence electrons. The molecule has 0 radical (unpaired) electrons. The molecule has 2 aliphatic rings. The Morgan fingerprint density at radius 3 is 2.82 bits per heavy atom. The van der Waals surface area contributed by atoms with E-state index < -0.39 is 0 Å². The second kappa shape index (κ2) is 7.22. The van der Waals surface area contributed by atoms with Gasteiger partial charge in [0.1, 0.15) is 34.3 Å². The van der Waals surface area contributed by atoms with E-state index in [2.05, 4.69) is 11.1 Å². The summed E-state index contributed by atoms with van der Waals surface area (Å²) in [5.41, 5.74) is 3.85. The van der Waals surface area contributed by atoms with E-state index in [9.17, 15) is 5.11 Å². The lowest BCUT2D eigenvalue weighted by molar-refractivity contribution is 0.212. The van der Waals surface area contributed by atoms with Crippen molar-refractivity contribution < 1.29 is 19.0 Å². The third kappa shape index (κ3) is 3.02. The number of benzene rings is 3. The van der Waals surface area contributed by atoms with Gasteiger partial charge in [0, 0.05) is 28.3 Å². The predicted molar refractivity (Wildman–Crippen MR) is 131 cm³/mol. The summed E-state index contributed by atoms with van der Waals surface area (Å²) in [5, 5.41) is 13.2. The molecule has 0 spiro atoms. The lowest BCUT2D eigenvalue weighted by Gasteiger charge is -2.12. The van der Waals surface area contributed by atoms with Crippen LogP contribution in [0.3, 0.4) is 0 Å². The Labute approximate surface area is 195 Å². The second-order valence-corrected chi connectivity index (χ2v) is 9.14. The normalized spacial score (nSPS) is 19.5. The van der Waals surface area contributed by atoms with Gasteiger partial charge in [0.25, 0.3) is 0 Å². The average molecular weight is 450 g/mol. The molecule has 1 saturated carbocycles. The first-order chi connectivity index (χ1) is 16.6. The molecular weight excluding hydrogens is 428 g/mol. The van der Waals surface area contributed by atoms with Gasteiger partial charge in [-0.05, 0) is 62.1 Å². The number of rotatable bonds is 3. The zero-order chi connectivity index (χ0) is 22.8. The summed E-state index contributed by atoms with van der Waals surface area (Å²) in [6, 6.07) is 19.4. The molecule has 1 aliphatic heterocycles. The SMILES string of the molecule is Cc1cc(O)c2nc(Oc3cc(C4=N[C@H]5CCC[C@@H]5O4)c4c(c3)oc3ccccc34)ccc2c1. The maximum absolute atomic E-state index is 10.4. The second-order valence-electron chi connectivity index (χ2n) is 9.14. The summed E-state index contributed by atoms with van der Waals surface area (Å²) >= 11 is 0. The van der Waals surface area contributed by atoms with Gasteiger partial charge in [-0.25, -0.2) is 9.98 Å². The van der Waals surface area contributed by atoms with Crippen molar-refractivity contribution in [3.8, 4) is 17.4 Å². The Kier molecular flexibility index (Phi) is 4.12. The van der Waals surface area contributed by atoms with Crippen LogP contribution in [0.1, 0.15) is 30.4 Å². The predicted octanol–water partition coefficient (Wildman–Crippen LogP) is 6.64. The number of phenolic OH excluding ortho intramolecular Hbond substituents is 1. The molecule has 7 rings (SSSR count). The topological polar surface area (TPSA) is 77.1 Å². The summed E-state index contributed by atoms with van der Waals surface area (Å²) in [6.07, 6.45) is 3.40. The summed E-state index contributed by atoms with van der Waals surface area (Å²) < 4.78 is 18.6. The standard InChI is InChI=1S/C28H22N2O4/c1-15-11-16-9-10-25(30-27(16)21(31)12-15)32-17-13-19(28-29-20-6-4-8-23(20)34-28)26-18-5-2-3-7-22(18)33-24(26)14-17/h2-3,5,7,9-14,20,23,31H,4,6,8H2,1H3/t20-,23-/m0/s1. The number of aromatic hydroxyl groups is 1. The van der Waals surface area contributed by atoms with Crippen molar-refractivity contribution in [1.82, 2.24) is 4.98 Å². The van der Waals surface area contributed by atoms with Crippen molar-refractivity contribution in [3.63, 3.8) is 0 Å². The van der Waals surface area contributed by atoms with Crippen LogP contribution in [0.15, 0.2) is 70.1 Å². The minimum Gasteiger partial charge on any atom is -0.506 e. The maximum Gasteiger partial charge on any atom is 0.219 e. The number of aromatic nitrogens is 1. The Bertz CT molecular complexity index is 1630. The fourth-order valence-corrected chi connectivity index (χ4v) is 5.23. The summed E-state index contributed by atoms with van der Waals surface area (Å²) in [4.78, 5) is 9.46. The van der Waals surface area contributed by atoms with Crippen molar-refractivity contribution in [2.24, 2.45) is 4.99 Å². The van der Waals surface area contributed by atoms with Crippen molar-refractivity contribution in [1.29, 1.82) is 0 Å². The zero-order valence-corrected chi connectivity index (χ0v) is 18.6. The molecule has 1 N–H and O–H groups in total. The van der Waals surface area contributed by atoms with Gasteiger partial charge in [-0.15, -0.1) is 0 Å². The molecule has 0 amide bonds. The van der Waals surface area contributed by atoms with E-state index in [1.807, 2.05) is 49.4 Å². The first-order valence-corrected chi connectivity index (χ1v) is 11.6. The highest BCUT2D eigenvalue weighted by atomic mass is 16.5. The summed E-state index contributed by atoms with van der Waals surface area (Å²) in [7, 11) is 0. The van der Waals surface area contributed by atoms with Gasteiger partial charge in [-0.2, -0.15) is 0 Å². The average Bonchev–Trinajstić information content (AvgIpc) is 3.52. The smallest absolute Gasteiger partial charge is 0.219 e. The highest BCUT2D eigenvalue weighted by molar-refractivity contribution is 6.17. The summed E-state index contributed by atoms with van der Waals surface area (Å²) in [5.74, 6) is 1.74. The third-order valence-corrected chi connectivity index (χ3v) is 6.76. The van der Waals surface area contributed by atoms with Gasteiger partial charge in [0.2, 0.25) is 11.8 Å². The zero-order valence-electron chi connectivity index (χ0n) is 18.6. The molecule has 6 heteroatoms. The van der Waals surface area contributed by atoms with E-state index >= 15 is 0 Å². The highest BCUT2D eigenvalue weighted by Gasteiger charge is 2.36. The van der Waals surface area contributed by atoms with Crippen molar-refractivity contribution >= 4 is 38.7 Å².